The van der Waals surface area contributed by atoms with Gasteiger partial charge in [0.05, 0.1) is 0 Å². The summed E-state index contributed by atoms with van der Waals surface area (Å²) in [4.78, 5) is 0. The molecule has 2 N–H and O–H groups in total. The van der Waals surface area contributed by atoms with E-state index in [-0.39, 0.29) is 12.8 Å². The lowest BCUT2D eigenvalue weighted by Gasteiger charge is -2.22. The summed E-state index contributed by atoms with van der Waals surface area (Å²) >= 11 is 0. The summed E-state index contributed by atoms with van der Waals surface area (Å²) in [5.41, 5.74) is 8.65. The van der Waals surface area contributed by atoms with Gasteiger partial charge in [-0.05, 0) is 42.5 Å². The molecular weight excluding hydrogens is 190 g/mol. The van der Waals surface area contributed by atoms with E-state index < -0.39 is 0 Å². The van der Waals surface area contributed by atoms with Crippen LogP contribution in [0.4, 0.5) is 0 Å². The van der Waals surface area contributed by atoms with E-state index in [1.807, 2.05) is 12.1 Å². The molecule has 82 valence electrons. The summed E-state index contributed by atoms with van der Waals surface area (Å²) in [5.74, 6) is 0.841. The van der Waals surface area contributed by atoms with E-state index in [0.29, 0.717) is 0 Å². The SMILES string of the molecule is COCOc1ccc2c(c1)[C@H](N)CCC2. The van der Waals surface area contributed by atoms with Crippen molar-refractivity contribution in [1.29, 1.82) is 0 Å². The molecule has 2 rings (SSSR count). The molecule has 1 aliphatic rings. The van der Waals surface area contributed by atoms with Gasteiger partial charge >= 0.3 is 0 Å². The second-order valence-electron chi connectivity index (χ2n) is 3.91. The van der Waals surface area contributed by atoms with E-state index in [0.717, 1.165) is 18.6 Å². The molecule has 1 aliphatic carbocycles. The number of rotatable bonds is 3. The standard InChI is InChI=1S/C12H17NO2/c1-14-8-15-10-6-5-9-3-2-4-12(13)11(9)7-10/h5-7,12H,2-4,8,13H2,1H3/t12-/m1/s1. The van der Waals surface area contributed by atoms with Gasteiger partial charge < -0.3 is 15.2 Å². The molecule has 3 heteroatoms. The third-order valence-corrected chi connectivity index (χ3v) is 2.82. The fraction of sp³-hybridized carbons (Fsp3) is 0.500. The third-order valence-electron chi connectivity index (χ3n) is 2.82. The van der Waals surface area contributed by atoms with Crippen molar-refractivity contribution in [3.05, 3.63) is 29.3 Å². The van der Waals surface area contributed by atoms with Crippen LogP contribution in [0.25, 0.3) is 0 Å². The molecule has 0 amide bonds. The average molecular weight is 207 g/mol. The Morgan fingerprint density at radius 3 is 3.13 bits per heavy atom. The molecule has 0 aliphatic heterocycles. The largest absolute Gasteiger partial charge is 0.468 e. The Bertz CT molecular complexity index is 338. The van der Waals surface area contributed by atoms with Crippen LogP contribution in [-0.2, 0) is 11.2 Å². The highest BCUT2D eigenvalue weighted by Crippen LogP contribution is 2.30. The molecule has 1 aromatic carbocycles. The van der Waals surface area contributed by atoms with Crippen LogP contribution in [0.5, 0.6) is 5.75 Å². The molecule has 0 heterocycles. The van der Waals surface area contributed by atoms with E-state index in [9.17, 15) is 0 Å². The van der Waals surface area contributed by atoms with Crippen molar-refractivity contribution in [2.45, 2.75) is 25.3 Å². The van der Waals surface area contributed by atoms with Crippen molar-refractivity contribution in [2.24, 2.45) is 5.73 Å². The topological polar surface area (TPSA) is 44.5 Å². The van der Waals surface area contributed by atoms with Crippen LogP contribution in [-0.4, -0.2) is 13.9 Å². The number of benzene rings is 1. The molecule has 0 saturated carbocycles. The molecule has 0 bridgehead atoms. The molecule has 15 heavy (non-hydrogen) atoms. The Balaban J connectivity index is 2.19. The van der Waals surface area contributed by atoms with Crippen molar-refractivity contribution in [1.82, 2.24) is 0 Å². The number of aryl methyl sites for hydroxylation is 1. The third kappa shape index (κ3) is 2.30. The van der Waals surface area contributed by atoms with Crippen LogP contribution in [0.1, 0.15) is 30.0 Å². The molecule has 0 saturated heterocycles. The molecule has 0 fully saturated rings. The van der Waals surface area contributed by atoms with Crippen LogP contribution < -0.4 is 10.5 Å². The Morgan fingerprint density at radius 1 is 1.47 bits per heavy atom. The van der Waals surface area contributed by atoms with Crippen LogP contribution >= 0.6 is 0 Å². The molecule has 3 nitrogen and oxygen atoms in total. The maximum absolute atomic E-state index is 6.06. The second kappa shape index (κ2) is 4.64. The zero-order chi connectivity index (χ0) is 10.7. The van der Waals surface area contributed by atoms with Crippen molar-refractivity contribution >= 4 is 0 Å². The summed E-state index contributed by atoms with van der Waals surface area (Å²) in [6.45, 7) is 0.286. The summed E-state index contributed by atoms with van der Waals surface area (Å²) < 4.78 is 10.3. The molecule has 1 atom stereocenters. The Hall–Kier alpha value is -1.06. The first-order valence-electron chi connectivity index (χ1n) is 5.31. The monoisotopic (exact) mass is 207 g/mol. The Morgan fingerprint density at radius 2 is 2.33 bits per heavy atom. The van der Waals surface area contributed by atoms with Crippen LogP contribution in [0.3, 0.4) is 0 Å². The van der Waals surface area contributed by atoms with E-state index >= 15 is 0 Å². The summed E-state index contributed by atoms with van der Waals surface area (Å²) in [6.07, 6.45) is 3.39. The number of fused-ring (bicyclic) bond motifs is 1. The van der Waals surface area contributed by atoms with Gasteiger partial charge in [0.25, 0.3) is 0 Å². The highest BCUT2D eigenvalue weighted by atomic mass is 16.7. The minimum Gasteiger partial charge on any atom is -0.468 e. The average Bonchev–Trinajstić information content (AvgIpc) is 2.27. The fourth-order valence-corrected chi connectivity index (χ4v) is 2.03. The highest BCUT2D eigenvalue weighted by molar-refractivity contribution is 5.38. The molecule has 0 radical (unpaired) electrons. The number of hydrogen-bond donors (Lipinski definition) is 1. The number of methoxy groups -OCH3 is 1. The zero-order valence-corrected chi connectivity index (χ0v) is 9.03. The predicted molar refractivity (Wildman–Crippen MR) is 58.8 cm³/mol. The van der Waals surface area contributed by atoms with Crippen molar-refractivity contribution in [3.63, 3.8) is 0 Å². The fourth-order valence-electron chi connectivity index (χ4n) is 2.03. The summed E-state index contributed by atoms with van der Waals surface area (Å²) in [5, 5.41) is 0. The van der Waals surface area contributed by atoms with Crippen molar-refractivity contribution < 1.29 is 9.47 Å². The van der Waals surface area contributed by atoms with Gasteiger partial charge in [0.1, 0.15) is 5.75 Å². The lowest BCUT2D eigenvalue weighted by Crippen LogP contribution is -2.17. The lowest BCUT2D eigenvalue weighted by molar-refractivity contribution is 0.0510. The van der Waals surface area contributed by atoms with E-state index in [1.165, 1.54) is 17.5 Å². The first-order chi connectivity index (χ1) is 7.31. The van der Waals surface area contributed by atoms with Crippen LogP contribution in [0.15, 0.2) is 18.2 Å². The van der Waals surface area contributed by atoms with Gasteiger partial charge in [-0.1, -0.05) is 6.07 Å². The van der Waals surface area contributed by atoms with Crippen LogP contribution in [0.2, 0.25) is 0 Å². The van der Waals surface area contributed by atoms with Crippen molar-refractivity contribution in [3.8, 4) is 5.75 Å². The number of hydrogen-bond acceptors (Lipinski definition) is 3. The van der Waals surface area contributed by atoms with Gasteiger partial charge in [-0.3, -0.25) is 0 Å². The van der Waals surface area contributed by atoms with Crippen molar-refractivity contribution in [2.75, 3.05) is 13.9 Å². The highest BCUT2D eigenvalue weighted by Gasteiger charge is 2.16. The Kier molecular flexibility index (Phi) is 3.23. The second-order valence-corrected chi connectivity index (χ2v) is 3.91. The van der Waals surface area contributed by atoms with E-state index in [4.69, 9.17) is 15.2 Å². The normalized spacial score (nSPS) is 19.7. The molecule has 0 spiro atoms. The minimum absolute atomic E-state index is 0.167. The maximum atomic E-state index is 6.06. The van der Waals surface area contributed by atoms with E-state index in [2.05, 4.69) is 6.07 Å². The minimum atomic E-state index is 0.167. The molecule has 0 unspecified atom stereocenters. The summed E-state index contributed by atoms with van der Waals surface area (Å²) in [7, 11) is 1.62. The zero-order valence-electron chi connectivity index (χ0n) is 9.03. The lowest BCUT2D eigenvalue weighted by atomic mass is 9.88. The quantitative estimate of drug-likeness (QED) is 0.771. The first-order valence-corrected chi connectivity index (χ1v) is 5.31. The van der Waals surface area contributed by atoms with Gasteiger partial charge in [0, 0.05) is 13.2 Å². The molecule has 1 aromatic rings. The smallest absolute Gasteiger partial charge is 0.188 e. The number of nitrogens with two attached hydrogens (primary N) is 1. The predicted octanol–water partition coefficient (Wildman–Crippen LogP) is 2.01. The first kappa shape index (κ1) is 10.5. The van der Waals surface area contributed by atoms with E-state index in [1.54, 1.807) is 7.11 Å². The maximum Gasteiger partial charge on any atom is 0.188 e. The summed E-state index contributed by atoms with van der Waals surface area (Å²) in [6, 6.07) is 6.30. The van der Waals surface area contributed by atoms with Gasteiger partial charge in [-0.15, -0.1) is 0 Å². The van der Waals surface area contributed by atoms with Gasteiger partial charge in [0.15, 0.2) is 6.79 Å². The molecule has 0 aromatic heterocycles. The van der Waals surface area contributed by atoms with Crippen LogP contribution in [0, 0.1) is 0 Å². The van der Waals surface area contributed by atoms with Gasteiger partial charge in [-0.2, -0.15) is 0 Å². The van der Waals surface area contributed by atoms with Gasteiger partial charge in [-0.25, -0.2) is 0 Å². The number of ether oxygens (including phenoxy) is 2. The van der Waals surface area contributed by atoms with Gasteiger partial charge in [0.2, 0.25) is 0 Å². The molecular formula is C12H17NO2. The Labute approximate surface area is 90.2 Å².